The Morgan fingerprint density at radius 3 is 2.61 bits per heavy atom. The zero-order chi connectivity index (χ0) is 15.8. The number of hydrogen-bond donors (Lipinski definition) is 1. The lowest BCUT2D eigenvalue weighted by atomic mass is 10.0. The second-order valence-electron chi connectivity index (χ2n) is 5.97. The second kappa shape index (κ2) is 5.47. The fourth-order valence-electron chi connectivity index (χ4n) is 3.41. The molecule has 0 bridgehead atoms. The summed E-state index contributed by atoms with van der Waals surface area (Å²) in [6.07, 6.45) is 0.902. The van der Waals surface area contributed by atoms with Crippen LogP contribution < -0.4 is 5.32 Å². The van der Waals surface area contributed by atoms with E-state index >= 15 is 0 Å². The average Bonchev–Trinajstić information content (AvgIpc) is 2.89. The van der Waals surface area contributed by atoms with Crippen LogP contribution in [-0.4, -0.2) is 22.0 Å². The van der Waals surface area contributed by atoms with E-state index in [4.69, 9.17) is 0 Å². The van der Waals surface area contributed by atoms with Crippen molar-refractivity contribution in [3.05, 3.63) is 65.9 Å². The Hall–Kier alpha value is -2.75. The van der Waals surface area contributed by atoms with Crippen LogP contribution in [0.5, 0.6) is 0 Å². The zero-order valence-electron chi connectivity index (χ0n) is 13.1. The van der Waals surface area contributed by atoms with Gasteiger partial charge in [0.05, 0.1) is 6.54 Å². The van der Waals surface area contributed by atoms with E-state index in [9.17, 15) is 4.79 Å². The smallest absolute Gasteiger partial charge is 0.322 e. The first-order valence-corrected chi connectivity index (χ1v) is 7.90. The zero-order valence-corrected chi connectivity index (χ0v) is 13.1. The maximum Gasteiger partial charge on any atom is 0.322 e. The standard InChI is InChI=1S/C19H19N3O/c1-21-17-10-6-5-9-15(17)16-11-12-22(13-18(16)21)19(23)20-14-7-3-2-4-8-14/h2-10H,11-13H2,1H3,(H,20,23). The molecule has 1 aromatic heterocycles. The number of carbonyl (C=O) groups is 1. The highest BCUT2D eigenvalue weighted by molar-refractivity contribution is 5.90. The Bertz CT molecular complexity index is 867. The van der Waals surface area contributed by atoms with Gasteiger partial charge in [0, 0.05) is 35.9 Å². The third-order valence-corrected chi connectivity index (χ3v) is 4.63. The molecule has 1 aliphatic heterocycles. The van der Waals surface area contributed by atoms with E-state index in [1.54, 1.807) is 0 Å². The second-order valence-corrected chi connectivity index (χ2v) is 5.97. The molecule has 0 radical (unpaired) electrons. The van der Waals surface area contributed by atoms with E-state index in [1.807, 2.05) is 35.2 Å². The van der Waals surface area contributed by atoms with Gasteiger partial charge in [-0.15, -0.1) is 0 Å². The van der Waals surface area contributed by atoms with Crippen LogP contribution in [0.15, 0.2) is 54.6 Å². The number of carbonyl (C=O) groups excluding carboxylic acids is 1. The summed E-state index contributed by atoms with van der Waals surface area (Å²) in [5, 5.41) is 4.29. The largest absolute Gasteiger partial charge is 0.346 e. The maximum atomic E-state index is 12.5. The van der Waals surface area contributed by atoms with Crippen molar-refractivity contribution in [1.29, 1.82) is 0 Å². The van der Waals surface area contributed by atoms with Crippen molar-refractivity contribution in [1.82, 2.24) is 9.47 Å². The van der Waals surface area contributed by atoms with Crippen molar-refractivity contribution in [2.24, 2.45) is 7.05 Å². The van der Waals surface area contributed by atoms with Crippen molar-refractivity contribution in [3.63, 3.8) is 0 Å². The number of hydrogen-bond acceptors (Lipinski definition) is 1. The molecule has 1 N–H and O–H groups in total. The van der Waals surface area contributed by atoms with Crippen LogP contribution in [0.1, 0.15) is 11.3 Å². The Morgan fingerprint density at radius 2 is 1.78 bits per heavy atom. The van der Waals surface area contributed by atoms with Crippen LogP contribution in [-0.2, 0) is 20.0 Å². The lowest BCUT2D eigenvalue weighted by Crippen LogP contribution is -2.39. The third-order valence-electron chi connectivity index (χ3n) is 4.63. The van der Waals surface area contributed by atoms with Crippen LogP contribution in [0.4, 0.5) is 10.5 Å². The number of fused-ring (bicyclic) bond motifs is 3. The molecule has 0 saturated carbocycles. The van der Waals surface area contributed by atoms with E-state index in [2.05, 4.69) is 41.2 Å². The molecule has 2 aromatic carbocycles. The first-order valence-electron chi connectivity index (χ1n) is 7.90. The molecule has 116 valence electrons. The van der Waals surface area contributed by atoms with Crippen LogP contribution >= 0.6 is 0 Å². The van der Waals surface area contributed by atoms with E-state index in [-0.39, 0.29) is 6.03 Å². The summed E-state index contributed by atoms with van der Waals surface area (Å²) in [4.78, 5) is 14.4. The lowest BCUT2D eigenvalue weighted by molar-refractivity contribution is 0.205. The van der Waals surface area contributed by atoms with Crippen molar-refractivity contribution in [2.75, 3.05) is 11.9 Å². The maximum absolute atomic E-state index is 12.5. The van der Waals surface area contributed by atoms with Gasteiger partial charge in [-0.1, -0.05) is 36.4 Å². The monoisotopic (exact) mass is 305 g/mol. The number of nitrogens with zero attached hydrogens (tertiary/aromatic N) is 2. The van der Waals surface area contributed by atoms with Gasteiger partial charge in [-0.25, -0.2) is 4.79 Å². The van der Waals surface area contributed by atoms with E-state index < -0.39 is 0 Å². The highest BCUT2D eigenvalue weighted by Crippen LogP contribution is 2.30. The van der Waals surface area contributed by atoms with Crippen molar-refractivity contribution < 1.29 is 4.79 Å². The van der Waals surface area contributed by atoms with Crippen LogP contribution in [0.2, 0.25) is 0 Å². The molecule has 2 heterocycles. The van der Waals surface area contributed by atoms with Crippen molar-refractivity contribution in [3.8, 4) is 0 Å². The van der Waals surface area contributed by atoms with Gasteiger partial charge in [-0.2, -0.15) is 0 Å². The summed E-state index contributed by atoms with van der Waals surface area (Å²) in [5.41, 5.74) is 4.69. The van der Waals surface area contributed by atoms with Crippen LogP contribution in [0, 0.1) is 0 Å². The summed E-state index contributed by atoms with van der Waals surface area (Å²) in [7, 11) is 2.08. The summed E-state index contributed by atoms with van der Waals surface area (Å²) in [5.74, 6) is 0. The quantitative estimate of drug-likeness (QED) is 0.730. The van der Waals surface area contributed by atoms with Gasteiger partial charge in [0.25, 0.3) is 0 Å². The highest BCUT2D eigenvalue weighted by atomic mass is 16.2. The number of nitrogens with one attached hydrogen (secondary N) is 1. The van der Waals surface area contributed by atoms with E-state index in [0.29, 0.717) is 6.54 Å². The van der Waals surface area contributed by atoms with Gasteiger partial charge in [0.1, 0.15) is 0 Å². The Morgan fingerprint density at radius 1 is 1.04 bits per heavy atom. The normalized spacial score (nSPS) is 13.9. The number of rotatable bonds is 1. The fourth-order valence-corrected chi connectivity index (χ4v) is 3.41. The van der Waals surface area contributed by atoms with Gasteiger partial charge < -0.3 is 14.8 Å². The molecule has 0 aliphatic carbocycles. The molecule has 2 amide bonds. The topological polar surface area (TPSA) is 37.3 Å². The molecule has 0 spiro atoms. The Balaban J connectivity index is 1.60. The lowest BCUT2D eigenvalue weighted by Gasteiger charge is -2.28. The predicted molar refractivity (Wildman–Crippen MR) is 92.5 cm³/mol. The molecule has 0 saturated heterocycles. The summed E-state index contributed by atoms with van der Waals surface area (Å²) in [6, 6.07) is 18.0. The van der Waals surface area contributed by atoms with Gasteiger partial charge in [-0.05, 0) is 30.2 Å². The first kappa shape index (κ1) is 13.9. The number of anilines is 1. The molecule has 4 rings (SSSR count). The molecule has 0 atom stereocenters. The van der Waals surface area contributed by atoms with Crippen LogP contribution in [0.3, 0.4) is 0 Å². The van der Waals surface area contributed by atoms with E-state index in [1.165, 1.54) is 22.2 Å². The minimum Gasteiger partial charge on any atom is -0.346 e. The summed E-state index contributed by atoms with van der Waals surface area (Å²) >= 11 is 0. The molecule has 4 nitrogen and oxygen atoms in total. The number of urea groups is 1. The number of aryl methyl sites for hydroxylation is 1. The SMILES string of the molecule is Cn1c2c(c3ccccc31)CCN(C(=O)Nc1ccccc1)C2. The minimum absolute atomic E-state index is 0.0351. The average molecular weight is 305 g/mol. The van der Waals surface area contributed by atoms with Gasteiger partial charge in [-0.3, -0.25) is 0 Å². The first-order chi connectivity index (χ1) is 11.2. The Labute approximate surface area is 135 Å². The van der Waals surface area contributed by atoms with Crippen molar-refractivity contribution in [2.45, 2.75) is 13.0 Å². The Kier molecular flexibility index (Phi) is 3.30. The van der Waals surface area contributed by atoms with Gasteiger partial charge in [0.2, 0.25) is 0 Å². The molecular weight excluding hydrogens is 286 g/mol. The molecule has 0 fully saturated rings. The van der Waals surface area contributed by atoms with Gasteiger partial charge in [0.15, 0.2) is 0 Å². The molecule has 3 aromatic rings. The third kappa shape index (κ3) is 2.36. The molecular formula is C19H19N3O. The number of aromatic nitrogens is 1. The fraction of sp³-hybridized carbons (Fsp3) is 0.211. The summed E-state index contributed by atoms with van der Waals surface area (Å²) in [6.45, 7) is 1.40. The molecule has 23 heavy (non-hydrogen) atoms. The number of amides is 2. The molecule has 4 heteroatoms. The number of para-hydroxylation sites is 2. The van der Waals surface area contributed by atoms with Crippen molar-refractivity contribution >= 4 is 22.6 Å². The van der Waals surface area contributed by atoms with Gasteiger partial charge >= 0.3 is 6.03 Å². The summed E-state index contributed by atoms with van der Waals surface area (Å²) < 4.78 is 2.21. The minimum atomic E-state index is -0.0351. The van der Waals surface area contributed by atoms with Crippen LogP contribution in [0.25, 0.3) is 10.9 Å². The number of benzene rings is 2. The predicted octanol–water partition coefficient (Wildman–Crippen LogP) is 3.77. The van der Waals surface area contributed by atoms with E-state index in [0.717, 1.165) is 18.7 Å². The molecule has 1 aliphatic rings. The highest BCUT2D eigenvalue weighted by Gasteiger charge is 2.25. The molecule has 0 unspecified atom stereocenters.